The highest BCUT2D eigenvalue weighted by Crippen LogP contribution is 2.27. The molecule has 0 aliphatic heterocycles. The Morgan fingerprint density at radius 3 is 2.23 bits per heavy atom. The number of carbonyl (C=O) groups is 1. The molecule has 0 aliphatic rings. The predicted molar refractivity (Wildman–Crippen MR) is 139 cm³/mol. The Bertz CT molecular complexity index is 1560. The van der Waals surface area contributed by atoms with Gasteiger partial charge in [0.25, 0.3) is 5.91 Å². The molecule has 0 fully saturated rings. The first kappa shape index (κ1) is 23.0. The Morgan fingerprint density at radius 1 is 0.914 bits per heavy atom. The van der Waals surface area contributed by atoms with Crippen molar-refractivity contribution in [3.8, 4) is 28.3 Å². The predicted octanol–water partition coefficient (Wildman–Crippen LogP) is 5.81. The molecule has 0 bridgehead atoms. The average molecular weight is 523 g/mol. The average Bonchev–Trinajstić information content (AvgIpc) is 3.27. The maximum Gasteiger partial charge on any atom is 0.300 e. The standard InChI is InChI=1S/C25H16Cl2N4O3S/c26-17-5-1-16(2-6-17)23-24(33)29-25-31(30-23)21(14-35-25)15-3-11-20(12-4-15)34-13-22(32)28-19-9-7-18(27)8-10-19/h1-12,14H,13H2,(H,28,32). The minimum Gasteiger partial charge on any atom is -0.484 e. The van der Waals surface area contributed by atoms with Gasteiger partial charge in [0, 0.05) is 32.2 Å². The Kier molecular flexibility index (Phi) is 6.50. The van der Waals surface area contributed by atoms with Gasteiger partial charge in [-0.2, -0.15) is 10.1 Å². The van der Waals surface area contributed by atoms with Crippen LogP contribution >= 0.6 is 34.5 Å². The molecule has 2 aromatic heterocycles. The molecule has 7 nitrogen and oxygen atoms in total. The number of halogens is 2. The fourth-order valence-corrected chi connectivity index (χ4v) is 4.42. The topological polar surface area (TPSA) is 85.6 Å². The van der Waals surface area contributed by atoms with Crippen molar-refractivity contribution in [2.45, 2.75) is 0 Å². The number of hydrogen-bond donors (Lipinski definition) is 1. The molecule has 0 spiro atoms. The summed E-state index contributed by atoms with van der Waals surface area (Å²) in [5, 5.41) is 10.4. The lowest BCUT2D eigenvalue weighted by atomic mass is 10.1. The van der Waals surface area contributed by atoms with E-state index >= 15 is 0 Å². The molecule has 3 aromatic carbocycles. The fraction of sp³-hybridized carbons (Fsp3) is 0.0400. The number of ether oxygens (including phenoxy) is 1. The number of nitrogens with zero attached hydrogens (tertiary/aromatic N) is 3. The van der Waals surface area contributed by atoms with Crippen molar-refractivity contribution in [2.24, 2.45) is 0 Å². The zero-order chi connectivity index (χ0) is 24.4. The molecule has 0 radical (unpaired) electrons. The van der Waals surface area contributed by atoms with Gasteiger partial charge in [-0.05, 0) is 60.7 Å². The second-order valence-corrected chi connectivity index (χ2v) is 9.17. The van der Waals surface area contributed by atoms with Crippen LogP contribution in [0.25, 0.3) is 27.5 Å². The number of nitrogens with one attached hydrogen (secondary N) is 1. The van der Waals surface area contributed by atoms with Crippen LogP contribution < -0.4 is 15.6 Å². The van der Waals surface area contributed by atoms with Crippen LogP contribution in [0.15, 0.2) is 83.0 Å². The van der Waals surface area contributed by atoms with Gasteiger partial charge in [0.15, 0.2) is 12.3 Å². The quantitative estimate of drug-likeness (QED) is 0.304. The largest absolute Gasteiger partial charge is 0.484 e. The van der Waals surface area contributed by atoms with E-state index in [9.17, 15) is 9.59 Å². The number of anilines is 1. The lowest BCUT2D eigenvalue weighted by Crippen LogP contribution is -2.20. The first-order valence-electron chi connectivity index (χ1n) is 10.4. The molecule has 10 heteroatoms. The second-order valence-electron chi connectivity index (χ2n) is 7.46. The van der Waals surface area contributed by atoms with Crippen molar-refractivity contribution >= 4 is 51.1 Å². The summed E-state index contributed by atoms with van der Waals surface area (Å²) in [6.45, 7) is -0.139. The number of aromatic nitrogens is 3. The lowest BCUT2D eigenvalue weighted by Gasteiger charge is -2.08. The van der Waals surface area contributed by atoms with Crippen molar-refractivity contribution in [3.05, 3.63) is 98.6 Å². The van der Waals surface area contributed by atoms with Crippen LogP contribution in [-0.4, -0.2) is 27.1 Å². The van der Waals surface area contributed by atoms with Gasteiger partial charge in [-0.25, -0.2) is 4.52 Å². The van der Waals surface area contributed by atoms with Gasteiger partial charge in [-0.15, -0.1) is 11.3 Å². The molecule has 35 heavy (non-hydrogen) atoms. The highest BCUT2D eigenvalue weighted by Gasteiger charge is 2.14. The third-order valence-corrected chi connectivity index (χ3v) is 6.37. The van der Waals surface area contributed by atoms with E-state index in [-0.39, 0.29) is 18.2 Å². The third-order valence-electron chi connectivity index (χ3n) is 5.05. The first-order chi connectivity index (χ1) is 17.0. The molecular formula is C25H16Cl2N4O3S. The van der Waals surface area contributed by atoms with Gasteiger partial charge in [-0.1, -0.05) is 35.3 Å². The van der Waals surface area contributed by atoms with E-state index in [0.29, 0.717) is 32.0 Å². The van der Waals surface area contributed by atoms with Crippen LogP contribution in [-0.2, 0) is 4.79 Å². The van der Waals surface area contributed by atoms with Gasteiger partial charge in [0.1, 0.15) is 5.75 Å². The molecule has 1 N–H and O–H groups in total. The summed E-state index contributed by atoms with van der Waals surface area (Å²) in [5.74, 6) is 0.258. The maximum absolute atomic E-state index is 12.5. The zero-order valence-electron chi connectivity index (χ0n) is 17.9. The summed E-state index contributed by atoms with van der Waals surface area (Å²) in [7, 11) is 0. The van der Waals surface area contributed by atoms with Gasteiger partial charge < -0.3 is 10.1 Å². The normalized spacial score (nSPS) is 10.9. The van der Waals surface area contributed by atoms with E-state index in [1.165, 1.54) is 11.3 Å². The van der Waals surface area contributed by atoms with Crippen LogP contribution in [0.3, 0.4) is 0 Å². The van der Waals surface area contributed by atoms with Gasteiger partial charge in [0.2, 0.25) is 4.96 Å². The summed E-state index contributed by atoms with van der Waals surface area (Å²) in [5.41, 5.74) is 2.75. The maximum atomic E-state index is 12.5. The second kappa shape index (κ2) is 9.87. The number of thiazole rings is 1. The molecule has 1 amide bonds. The van der Waals surface area contributed by atoms with Crippen molar-refractivity contribution in [1.82, 2.24) is 14.6 Å². The van der Waals surface area contributed by atoms with E-state index in [0.717, 1.165) is 11.3 Å². The van der Waals surface area contributed by atoms with E-state index in [1.807, 2.05) is 17.5 Å². The SMILES string of the molecule is O=C(COc1ccc(-c2csc3nc(=O)c(-c4ccc(Cl)cc4)nn23)cc1)Nc1ccc(Cl)cc1. The van der Waals surface area contributed by atoms with E-state index in [4.69, 9.17) is 27.9 Å². The number of hydrogen-bond acceptors (Lipinski definition) is 6. The van der Waals surface area contributed by atoms with Crippen molar-refractivity contribution in [2.75, 3.05) is 11.9 Å². The van der Waals surface area contributed by atoms with Gasteiger partial charge >= 0.3 is 5.56 Å². The summed E-state index contributed by atoms with van der Waals surface area (Å²) < 4.78 is 7.25. The number of carbonyl (C=O) groups excluding carboxylic acids is 1. The smallest absolute Gasteiger partial charge is 0.300 e. The summed E-state index contributed by atoms with van der Waals surface area (Å²) >= 11 is 13.1. The van der Waals surface area contributed by atoms with Crippen molar-refractivity contribution in [3.63, 3.8) is 0 Å². The first-order valence-corrected chi connectivity index (χ1v) is 12.0. The Morgan fingerprint density at radius 2 is 1.54 bits per heavy atom. The van der Waals surface area contributed by atoms with Crippen molar-refractivity contribution in [1.29, 1.82) is 0 Å². The molecule has 0 aliphatic carbocycles. The lowest BCUT2D eigenvalue weighted by molar-refractivity contribution is -0.118. The van der Waals surface area contributed by atoms with Crippen molar-refractivity contribution < 1.29 is 9.53 Å². The van der Waals surface area contributed by atoms with E-state index in [1.54, 1.807) is 65.2 Å². The minimum absolute atomic E-state index is 0.139. The molecule has 2 heterocycles. The van der Waals surface area contributed by atoms with Crippen LogP contribution in [0, 0.1) is 0 Å². The Balaban J connectivity index is 1.32. The molecule has 0 atom stereocenters. The third kappa shape index (κ3) is 5.19. The summed E-state index contributed by atoms with van der Waals surface area (Å²) in [6.07, 6.45) is 0. The van der Waals surface area contributed by atoms with E-state index < -0.39 is 5.56 Å². The summed E-state index contributed by atoms with van der Waals surface area (Å²) in [4.78, 5) is 29.3. The van der Waals surface area contributed by atoms with Crippen LogP contribution in [0.4, 0.5) is 5.69 Å². The van der Waals surface area contributed by atoms with Crippen LogP contribution in [0.5, 0.6) is 5.75 Å². The van der Waals surface area contributed by atoms with Gasteiger partial charge in [0.05, 0.1) is 5.69 Å². The number of fused-ring (bicyclic) bond motifs is 1. The highest BCUT2D eigenvalue weighted by atomic mass is 35.5. The summed E-state index contributed by atoms with van der Waals surface area (Å²) in [6, 6.07) is 21.0. The Hall–Kier alpha value is -3.72. The highest BCUT2D eigenvalue weighted by molar-refractivity contribution is 7.15. The molecule has 0 saturated carbocycles. The molecule has 174 valence electrons. The molecular weight excluding hydrogens is 507 g/mol. The monoisotopic (exact) mass is 522 g/mol. The number of rotatable bonds is 6. The molecule has 0 saturated heterocycles. The van der Waals surface area contributed by atoms with Crippen LogP contribution in [0.2, 0.25) is 10.0 Å². The van der Waals surface area contributed by atoms with Crippen LogP contribution in [0.1, 0.15) is 0 Å². The fourth-order valence-electron chi connectivity index (χ4n) is 3.34. The Labute approximate surface area is 213 Å². The molecule has 5 aromatic rings. The number of benzene rings is 3. The zero-order valence-corrected chi connectivity index (χ0v) is 20.3. The van der Waals surface area contributed by atoms with Gasteiger partial charge in [-0.3, -0.25) is 9.59 Å². The molecule has 0 unspecified atom stereocenters. The minimum atomic E-state index is -0.402. The van der Waals surface area contributed by atoms with E-state index in [2.05, 4.69) is 15.4 Å². The number of amides is 1. The molecule has 5 rings (SSSR count).